The minimum atomic E-state index is 0.426. The van der Waals surface area contributed by atoms with E-state index in [-0.39, 0.29) is 0 Å². The van der Waals surface area contributed by atoms with Gasteiger partial charge >= 0.3 is 0 Å². The Morgan fingerprint density at radius 1 is 1.42 bits per heavy atom. The number of nitrogens with two attached hydrogens (primary N) is 1. The fraction of sp³-hybridized carbons (Fsp3) is 0.600. The number of nitrogens with zero attached hydrogens (tertiary/aromatic N) is 1. The van der Waals surface area contributed by atoms with Crippen LogP contribution in [0.5, 0.6) is 5.75 Å². The molecule has 19 heavy (non-hydrogen) atoms. The van der Waals surface area contributed by atoms with Gasteiger partial charge in [0.1, 0.15) is 5.75 Å². The Kier molecular flexibility index (Phi) is 4.87. The minimum absolute atomic E-state index is 0.426. The molecular formula is C15H23BrN2O. The van der Waals surface area contributed by atoms with Crippen molar-refractivity contribution < 1.29 is 4.74 Å². The second-order valence-electron chi connectivity index (χ2n) is 5.66. The van der Waals surface area contributed by atoms with E-state index in [0.717, 1.165) is 36.3 Å². The maximum atomic E-state index is 5.83. The third kappa shape index (κ3) is 3.94. The van der Waals surface area contributed by atoms with Gasteiger partial charge in [-0.1, -0.05) is 6.07 Å². The van der Waals surface area contributed by atoms with Crippen molar-refractivity contribution in [1.29, 1.82) is 0 Å². The van der Waals surface area contributed by atoms with E-state index in [0.29, 0.717) is 5.41 Å². The molecule has 1 aromatic carbocycles. The van der Waals surface area contributed by atoms with Crippen LogP contribution in [-0.2, 0) is 6.42 Å². The molecule has 0 saturated heterocycles. The highest BCUT2D eigenvalue weighted by atomic mass is 79.9. The Morgan fingerprint density at radius 3 is 2.68 bits per heavy atom. The van der Waals surface area contributed by atoms with Crippen LogP contribution in [0.2, 0.25) is 0 Å². The molecule has 0 radical (unpaired) electrons. The summed E-state index contributed by atoms with van der Waals surface area (Å²) in [6.45, 7) is 3.02. The van der Waals surface area contributed by atoms with E-state index in [1.807, 2.05) is 6.07 Å². The monoisotopic (exact) mass is 326 g/mol. The molecule has 2 rings (SSSR count). The second-order valence-corrected chi connectivity index (χ2v) is 6.52. The molecule has 0 bridgehead atoms. The lowest BCUT2D eigenvalue weighted by atomic mass is 10.1. The van der Waals surface area contributed by atoms with Crippen LogP contribution in [0.3, 0.4) is 0 Å². The van der Waals surface area contributed by atoms with Crippen LogP contribution < -0.4 is 10.5 Å². The molecule has 2 N–H and O–H groups in total. The highest BCUT2D eigenvalue weighted by Crippen LogP contribution is 2.44. The first-order valence-corrected chi connectivity index (χ1v) is 7.59. The molecule has 1 aliphatic rings. The first-order chi connectivity index (χ1) is 9.08. The van der Waals surface area contributed by atoms with Crippen LogP contribution in [0.25, 0.3) is 0 Å². The highest BCUT2D eigenvalue weighted by molar-refractivity contribution is 9.10. The smallest absolute Gasteiger partial charge is 0.133 e. The summed E-state index contributed by atoms with van der Waals surface area (Å²) in [5.41, 5.74) is 7.59. The predicted molar refractivity (Wildman–Crippen MR) is 82.6 cm³/mol. The summed E-state index contributed by atoms with van der Waals surface area (Å²) in [7, 11) is 3.88. The number of methoxy groups -OCH3 is 1. The van der Waals surface area contributed by atoms with E-state index in [2.05, 4.69) is 40.0 Å². The molecular weight excluding hydrogens is 304 g/mol. The zero-order valence-electron chi connectivity index (χ0n) is 11.8. The third-order valence-corrected chi connectivity index (χ3v) is 4.61. The Morgan fingerprint density at radius 2 is 2.16 bits per heavy atom. The fourth-order valence-electron chi connectivity index (χ4n) is 2.44. The number of ether oxygens (including phenoxy) is 1. The molecule has 0 unspecified atom stereocenters. The molecule has 4 heteroatoms. The summed E-state index contributed by atoms with van der Waals surface area (Å²) in [5.74, 6) is 0.886. The Labute approximate surface area is 124 Å². The zero-order chi connectivity index (χ0) is 13.9. The van der Waals surface area contributed by atoms with Crippen LogP contribution in [-0.4, -0.2) is 38.7 Å². The van der Waals surface area contributed by atoms with E-state index >= 15 is 0 Å². The molecule has 0 aromatic heterocycles. The third-order valence-electron chi connectivity index (χ3n) is 3.99. The summed E-state index contributed by atoms with van der Waals surface area (Å²) in [6.07, 6.45) is 3.64. The molecule has 0 heterocycles. The van der Waals surface area contributed by atoms with Gasteiger partial charge in [-0.3, -0.25) is 0 Å². The van der Waals surface area contributed by atoms with E-state index in [1.165, 1.54) is 18.4 Å². The molecule has 0 spiro atoms. The molecule has 1 fully saturated rings. The van der Waals surface area contributed by atoms with Gasteiger partial charge in [0.2, 0.25) is 0 Å². The average Bonchev–Trinajstić information content (AvgIpc) is 3.17. The van der Waals surface area contributed by atoms with Crippen LogP contribution in [0.15, 0.2) is 22.7 Å². The van der Waals surface area contributed by atoms with Crippen molar-refractivity contribution in [2.45, 2.75) is 19.3 Å². The largest absolute Gasteiger partial charge is 0.496 e. The maximum Gasteiger partial charge on any atom is 0.133 e. The van der Waals surface area contributed by atoms with Crippen molar-refractivity contribution in [1.82, 2.24) is 4.90 Å². The molecule has 0 amide bonds. The van der Waals surface area contributed by atoms with Crippen LogP contribution >= 0.6 is 15.9 Å². The second kappa shape index (κ2) is 6.25. The fourth-order valence-corrected chi connectivity index (χ4v) is 3.03. The molecule has 1 saturated carbocycles. The Bertz CT molecular complexity index is 432. The molecule has 3 nitrogen and oxygen atoms in total. The average molecular weight is 327 g/mol. The van der Waals surface area contributed by atoms with Gasteiger partial charge in [0.15, 0.2) is 0 Å². The van der Waals surface area contributed by atoms with Crippen LogP contribution in [0.4, 0.5) is 0 Å². The van der Waals surface area contributed by atoms with Gasteiger partial charge in [0, 0.05) is 13.1 Å². The molecule has 0 aliphatic heterocycles. The standard InChI is InChI=1S/C15H23BrN2O/c1-18(11-15(10-17)6-7-15)8-5-12-3-4-14(19-2)13(16)9-12/h3-4,9H,5-8,10-11,17H2,1-2H3. The van der Waals surface area contributed by atoms with Crippen molar-refractivity contribution in [3.8, 4) is 5.75 Å². The van der Waals surface area contributed by atoms with Gasteiger partial charge in [-0.05, 0) is 71.9 Å². The van der Waals surface area contributed by atoms with E-state index in [9.17, 15) is 0 Å². The van der Waals surface area contributed by atoms with E-state index in [4.69, 9.17) is 10.5 Å². The lowest BCUT2D eigenvalue weighted by molar-refractivity contribution is 0.269. The normalized spacial score (nSPS) is 16.7. The van der Waals surface area contributed by atoms with Crippen molar-refractivity contribution in [2.75, 3.05) is 33.8 Å². The van der Waals surface area contributed by atoms with Crippen molar-refractivity contribution in [3.05, 3.63) is 28.2 Å². The molecule has 106 valence electrons. The Hall–Kier alpha value is -0.580. The van der Waals surface area contributed by atoms with Crippen molar-refractivity contribution in [2.24, 2.45) is 11.1 Å². The molecule has 1 aliphatic carbocycles. The molecule has 0 atom stereocenters. The summed E-state index contributed by atoms with van der Waals surface area (Å²) < 4.78 is 6.27. The topological polar surface area (TPSA) is 38.5 Å². The molecule has 1 aromatic rings. The summed E-state index contributed by atoms with van der Waals surface area (Å²) >= 11 is 3.53. The first-order valence-electron chi connectivity index (χ1n) is 6.80. The van der Waals surface area contributed by atoms with Crippen LogP contribution in [0.1, 0.15) is 18.4 Å². The minimum Gasteiger partial charge on any atom is -0.496 e. The number of hydrogen-bond acceptors (Lipinski definition) is 3. The number of likely N-dealkylation sites (N-methyl/N-ethyl adjacent to an activating group) is 1. The predicted octanol–water partition coefficient (Wildman–Crippen LogP) is 2.67. The number of hydrogen-bond donors (Lipinski definition) is 1. The summed E-state index contributed by atoms with van der Waals surface area (Å²) in [5, 5.41) is 0. The van der Waals surface area contributed by atoms with E-state index in [1.54, 1.807) is 7.11 Å². The van der Waals surface area contributed by atoms with Gasteiger partial charge in [0.05, 0.1) is 11.6 Å². The summed E-state index contributed by atoms with van der Waals surface area (Å²) in [6, 6.07) is 6.29. The summed E-state index contributed by atoms with van der Waals surface area (Å²) in [4.78, 5) is 2.40. The number of rotatable bonds is 7. The number of benzene rings is 1. The van der Waals surface area contributed by atoms with Gasteiger partial charge < -0.3 is 15.4 Å². The SMILES string of the molecule is COc1ccc(CCN(C)CC2(CN)CC2)cc1Br. The van der Waals surface area contributed by atoms with Crippen molar-refractivity contribution in [3.63, 3.8) is 0 Å². The number of halogens is 1. The van der Waals surface area contributed by atoms with E-state index < -0.39 is 0 Å². The first kappa shape index (κ1) is 14.8. The van der Waals surface area contributed by atoms with Crippen molar-refractivity contribution >= 4 is 15.9 Å². The van der Waals surface area contributed by atoms with Gasteiger partial charge in [-0.2, -0.15) is 0 Å². The lowest BCUT2D eigenvalue weighted by Crippen LogP contribution is -2.32. The van der Waals surface area contributed by atoms with Gasteiger partial charge in [-0.15, -0.1) is 0 Å². The van der Waals surface area contributed by atoms with Gasteiger partial charge in [0.25, 0.3) is 0 Å². The maximum absolute atomic E-state index is 5.83. The van der Waals surface area contributed by atoms with Gasteiger partial charge in [-0.25, -0.2) is 0 Å². The quantitative estimate of drug-likeness (QED) is 0.837. The highest BCUT2D eigenvalue weighted by Gasteiger charge is 2.41. The Balaban J connectivity index is 1.83. The lowest BCUT2D eigenvalue weighted by Gasteiger charge is -2.22. The van der Waals surface area contributed by atoms with Crippen LogP contribution in [0, 0.1) is 5.41 Å². The zero-order valence-corrected chi connectivity index (χ0v) is 13.4.